The third-order valence-electron chi connectivity index (χ3n) is 4.00. The standard InChI is InChI=1S/C21H19NO5/c1-13(2)19(22-27-20(23)14-7-5-4-6-8-14)17-11-15-9-10-16(25-3)12-18(15)26-21(17)24/h4-13H,1-3H3/b22-19+. The third-order valence-corrected chi connectivity index (χ3v) is 4.00. The summed E-state index contributed by atoms with van der Waals surface area (Å²) in [6.07, 6.45) is 0. The average molecular weight is 365 g/mol. The highest BCUT2D eigenvalue weighted by molar-refractivity contribution is 6.03. The summed E-state index contributed by atoms with van der Waals surface area (Å²) in [6, 6.07) is 15.4. The smallest absolute Gasteiger partial charge is 0.365 e. The van der Waals surface area contributed by atoms with Gasteiger partial charge in [-0.2, -0.15) is 0 Å². The SMILES string of the molecule is COc1ccc2cc(/C(=N/OC(=O)c3ccccc3)C(C)C)c(=O)oc2c1. The summed E-state index contributed by atoms with van der Waals surface area (Å²) in [6.45, 7) is 3.71. The van der Waals surface area contributed by atoms with Gasteiger partial charge in [-0.25, -0.2) is 9.59 Å². The van der Waals surface area contributed by atoms with Crippen molar-refractivity contribution in [1.29, 1.82) is 0 Å². The van der Waals surface area contributed by atoms with E-state index in [1.54, 1.807) is 54.6 Å². The Kier molecular flexibility index (Phi) is 5.35. The largest absolute Gasteiger partial charge is 0.497 e. The molecule has 1 aromatic heterocycles. The predicted molar refractivity (Wildman–Crippen MR) is 102 cm³/mol. The van der Waals surface area contributed by atoms with Crippen LogP contribution in [-0.4, -0.2) is 18.8 Å². The number of nitrogens with zero attached hydrogens (tertiary/aromatic N) is 1. The molecule has 3 rings (SSSR count). The maximum Gasteiger partial charge on any atom is 0.365 e. The number of hydrogen-bond donors (Lipinski definition) is 0. The second-order valence-corrected chi connectivity index (χ2v) is 6.23. The molecule has 0 N–H and O–H groups in total. The number of methoxy groups -OCH3 is 1. The first-order valence-electron chi connectivity index (χ1n) is 8.46. The van der Waals surface area contributed by atoms with E-state index in [4.69, 9.17) is 14.0 Å². The Hall–Kier alpha value is -3.41. The monoisotopic (exact) mass is 365 g/mol. The zero-order valence-electron chi connectivity index (χ0n) is 15.3. The molecule has 0 aliphatic carbocycles. The number of oxime groups is 1. The van der Waals surface area contributed by atoms with Crippen molar-refractivity contribution in [2.24, 2.45) is 11.1 Å². The van der Waals surface area contributed by atoms with Crippen molar-refractivity contribution >= 4 is 22.7 Å². The van der Waals surface area contributed by atoms with Crippen molar-refractivity contribution in [1.82, 2.24) is 0 Å². The van der Waals surface area contributed by atoms with Gasteiger partial charge in [-0.1, -0.05) is 37.2 Å². The van der Waals surface area contributed by atoms with E-state index in [1.165, 1.54) is 7.11 Å². The fraction of sp³-hybridized carbons (Fsp3) is 0.190. The van der Waals surface area contributed by atoms with Crippen molar-refractivity contribution in [2.75, 3.05) is 7.11 Å². The summed E-state index contributed by atoms with van der Waals surface area (Å²) in [7, 11) is 1.54. The Morgan fingerprint density at radius 3 is 2.48 bits per heavy atom. The molecule has 0 spiro atoms. The van der Waals surface area contributed by atoms with Gasteiger partial charge in [-0.15, -0.1) is 0 Å². The van der Waals surface area contributed by atoms with Gasteiger partial charge in [0.15, 0.2) is 0 Å². The van der Waals surface area contributed by atoms with Crippen LogP contribution < -0.4 is 10.4 Å². The van der Waals surface area contributed by atoms with Crippen LogP contribution in [0.2, 0.25) is 0 Å². The maximum absolute atomic E-state index is 12.5. The first kappa shape index (κ1) is 18.4. The minimum Gasteiger partial charge on any atom is -0.497 e. The fourth-order valence-corrected chi connectivity index (χ4v) is 2.58. The molecule has 3 aromatic rings. The summed E-state index contributed by atoms with van der Waals surface area (Å²) in [5.41, 5.74) is 0.822. The molecule has 6 heteroatoms. The lowest BCUT2D eigenvalue weighted by molar-refractivity contribution is 0.0514. The minimum atomic E-state index is -0.594. The quantitative estimate of drug-likeness (QED) is 0.295. The van der Waals surface area contributed by atoms with Crippen molar-refractivity contribution in [3.05, 3.63) is 76.1 Å². The van der Waals surface area contributed by atoms with E-state index >= 15 is 0 Å². The Morgan fingerprint density at radius 1 is 1.07 bits per heavy atom. The topological polar surface area (TPSA) is 78.1 Å². The molecule has 0 saturated carbocycles. The third kappa shape index (κ3) is 4.06. The van der Waals surface area contributed by atoms with Crippen LogP contribution in [0.1, 0.15) is 29.8 Å². The number of benzene rings is 2. The maximum atomic E-state index is 12.5. The van der Waals surface area contributed by atoms with Gasteiger partial charge in [-0.3, -0.25) is 0 Å². The van der Waals surface area contributed by atoms with E-state index in [1.807, 2.05) is 13.8 Å². The van der Waals surface area contributed by atoms with E-state index in [0.717, 1.165) is 0 Å². The van der Waals surface area contributed by atoms with Crippen LogP contribution in [0.4, 0.5) is 0 Å². The van der Waals surface area contributed by atoms with Gasteiger partial charge < -0.3 is 14.0 Å². The molecule has 0 amide bonds. The summed E-state index contributed by atoms with van der Waals surface area (Å²) >= 11 is 0. The van der Waals surface area contributed by atoms with Gasteiger partial charge in [0.25, 0.3) is 0 Å². The molecule has 0 atom stereocenters. The van der Waals surface area contributed by atoms with Crippen LogP contribution in [0.3, 0.4) is 0 Å². The van der Waals surface area contributed by atoms with E-state index in [0.29, 0.717) is 28.0 Å². The lowest BCUT2D eigenvalue weighted by Crippen LogP contribution is -2.20. The fourth-order valence-electron chi connectivity index (χ4n) is 2.58. The van der Waals surface area contributed by atoms with Crippen LogP contribution in [0.25, 0.3) is 11.0 Å². The van der Waals surface area contributed by atoms with Gasteiger partial charge in [0.2, 0.25) is 0 Å². The number of rotatable bonds is 5. The van der Waals surface area contributed by atoms with Crippen molar-refractivity contribution < 1.29 is 18.8 Å². The van der Waals surface area contributed by atoms with Gasteiger partial charge in [0.05, 0.1) is 23.9 Å². The first-order chi connectivity index (χ1) is 13.0. The van der Waals surface area contributed by atoms with Gasteiger partial charge in [-0.05, 0) is 36.2 Å². The van der Waals surface area contributed by atoms with Gasteiger partial charge in [0.1, 0.15) is 11.3 Å². The number of hydrogen-bond acceptors (Lipinski definition) is 6. The van der Waals surface area contributed by atoms with Crippen LogP contribution in [0, 0.1) is 5.92 Å². The second-order valence-electron chi connectivity index (χ2n) is 6.23. The molecule has 6 nitrogen and oxygen atoms in total. The minimum absolute atomic E-state index is 0.160. The molecule has 2 aromatic carbocycles. The Balaban J connectivity index is 1.98. The Morgan fingerprint density at radius 2 is 1.81 bits per heavy atom. The number of ether oxygens (including phenoxy) is 1. The normalized spacial score (nSPS) is 11.6. The first-order valence-corrected chi connectivity index (χ1v) is 8.46. The molecule has 0 radical (unpaired) electrons. The molecule has 138 valence electrons. The zero-order chi connectivity index (χ0) is 19.4. The molecule has 27 heavy (non-hydrogen) atoms. The molecule has 0 aliphatic rings. The molecule has 0 bridgehead atoms. The predicted octanol–water partition coefficient (Wildman–Crippen LogP) is 4.02. The van der Waals surface area contributed by atoms with Crippen molar-refractivity contribution in [2.45, 2.75) is 13.8 Å². The van der Waals surface area contributed by atoms with Gasteiger partial charge in [0, 0.05) is 11.5 Å². The average Bonchev–Trinajstić information content (AvgIpc) is 2.68. The zero-order valence-corrected chi connectivity index (χ0v) is 15.3. The summed E-state index contributed by atoms with van der Waals surface area (Å²) in [4.78, 5) is 29.6. The molecule has 0 fully saturated rings. The Bertz CT molecular complexity index is 1050. The molecule has 0 saturated heterocycles. The van der Waals surface area contributed by atoms with E-state index in [2.05, 4.69) is 5.16 Å². The second kappa shape index (κ2) is 7.86. The summed E-state index contributed by atoms with van der Waals surface area (Å²) < 4.78 is 10.5. The van der Waals surface area contributed by atoms with Crippen LogP contribution >= 0.6 is 0 Å². The van der Waals surface area contributed by atoms with Crippen molar-refractivity contribution in [3.63, 3.8) is 0 Å². The van der Waals surface area contributed by atoms with E-state index in [9.17, 15) is 9.59 Å². The highest BCUT2D eigenvalue weighted by atomic mass is 16.7. The van der Waals surface area contributed by atoms with Crippen LogP contribution in [-0.2, 0) is 4.84 Å². The summed E-state index contributed by atoms with van der Waals surface area (Å²) in [5.74, 6) is -0.163. The van der Waals surface area contributed by atoms with Crippen molar-refractivity contribution in [3.8, 4) is 5.75 Å². The van der Waals surface area contributed by atoms with E-state index < -0.39 is 11.6 Å². The van der Waals surface area contributed by atoms with Gasteiger partial charge >= 0.3 is 11.6 Å². The van der Waals surface area contributed by atoms with Crippen LogP contribution in [0.5, 0.6) is 5.75 Å². The lowest BCUT2D eigenvalue weighted by atomic mass is 10.0. The molecular formula is C21H19NO5. The lowest BCUT2D eigenvalue weighted by Gasteiger charge is -2.10. The molecule has 0 unspecified atom stereocenters. The number of fused-ring (bicyclic) bond motifs is 1. The Labute approximate surface area is 156 Å². The molecule has 0 aliphatic heterocycles. The number of carbonyl (C=O) groups is 1. The number of carbonyl (C=O) groups excluding carboxylic acids is 1. The molecular weight excluding hydrogens is 346 g/mol. The van der Waals surface area contributed by atoms with E-state index in [-0.39, 0.29) is 11.5 Å². The summed E-state index contributed by atoms with van der Waals surface area (Å²) in [5, 5.41) is 4.67. The van der Waals surface area contributed by atoms with Crippen LogP contribution in [0.15, 0.2) is 69.0 Å². The highest BCUT2D eigenvalue weighted by Crippen LogP contribution is 2.21. The molecule has 1 heterocycles. The highest BCUT2D eigenvalue weighted by Gasteiger charge is 2.18.